The fraction of sp³-hybridized carbons (Fsp3) is 0.261. The molecule has 0 saturated carbocycles. The van der Waals surface area contributed by atoms with Gasteiger partial charge in [0.25, 0.3) is 5.91 Å². The van der Waals surface area contributed by atoms with Gasteiger partial charge < -0.3 is 10.6 Å². The van der Waals surface area contributed by atoms with E-state index in [0.717, 1.165) is 36.9 Å². The number of unbranched alkanes of at least 4 members (excludes halogenated alkanes) is 3. The van der Waals surface area contributed by atoms with Crippen LogP contribution in [0.4, 0.5) is 5.13 Å². The van der Waals surface area contributed by atoms with E-state index >= 15 is 0 Å². The molecule has 5 nitrogen and oxygen atoms in total. The van der Waals surface area contributed by atoms with Crippen molar-refractivity contribution in [2.45, 2.75) is 32.1 Å². The molecule has 0 atom stereocenters. The van der Waals surface area contributed by atoms with Crippen molar-refractivity contribution in [2.75, 3.05) is 11.9 Å². The van der Waals surface area contributed by atoms with Gasteiger partial charge in [-0.2, -0.15) is 0 Å². The Morgan fingerprint density at radius 1 is 0.862 bits per heavy atom. The quantitative estimate of drug-likeness (QED) is 0.458. The third-order valence-electron chi connectivity index (χ3n) is 4.47. The molecule has 2 amide bonds. The normalized spacial score (nSPS) is 10.5. The first kappa shape index (κ1) is 20.7. The molecular formula is C23H25N3O2S. The number of thiazole rings is 1. The largest absolute Gasteiger partial charge is 0.352 e. The molecule has 0 spiro atoms. The van der Waals surface area contributed by atoms with Crippen LogP contribution in [0.2, 0.25) is 0 Å². The zero-order valence-corrected chi connectivity index (χ0v) is 17.1. The van der Waals surface area contributed by atoms with Gasteiger partial charge in [0.1, 0.15) is 0 Å². The highest BCUT2D eigenvalue weighted by Crippen LogP contribution is 2.24. The number of hydrogen-bond donors (Lipinski definition) is 2. The molecule has 0 bridgehead atoms. The second-order valence-corrected chi connectivity index (χ2v) is 7.60. The summed E-state index contributed by atoms with van der Waals surface area (Å²) < 4.78 is 0. The number of carbonyl (C=O) groups is 2. The number of hydrogen-bond acceptors (Lipinski definition) is 4. The first-order valence-corrected chi connectivity index (χ1v) is 10.7. The van der Waals surface area contributed by atoms with Gasteiger partial charge in [0.2, 0.25) is 5.91 Å². The highest BCUT2D eigenvalue weighted by atomic mass is 32.1. The maximum Gasteiger partial charge on any atom is 0.251 e. The first-order valence-electron chi connectivity index (χ1n) is 9.86. The molecule has 2 N–H and O–H groups in total. The van der Waals surface area contributed by atoms with Crippen molar-refractivity contribution in [1.29, 1.82) is 0 Å². The van der Waals surface area contributed by atoms with E-state index in [1.54, 1.807) is 12.1 Å². The van der Waals surface area contributed by atoms with Crippen LogP contribution in [0.5, 0.6) is 0 Å². The number of aromatic nitrogens is 1. The van der Waals surface area contributed by atoms with Crippen LogP contribution < -0.4 is 10.6 Å². The van der Waals surface area contributed by atoms with Crippen LogP contribution in [0.1, 0.15) is 42.5 Å². The van der Waals surface area contributed by atoms with Crippen LogP contribution in [-0.2, 0) is 4.79 Å². The molecule has 1 heterocycles. The molecule has 3 rings (SSSR count). The van der Waals surface area contributed by atoms with Crippen LogP contribution in [0, 0.1) is 0 Å². The lowest BCUT2D eigenvalue weighted by atomic mass is 10.1. The average molecular weight is 408 g/mol. The molecule has 1 aromatic heterocycles. The van der Waals surface area contributed by atoms with Crippen LogP contribution in [0.3, 0.4) is 0 Å². The van der Waals surface area contributed by atoms with Crippen molar-refractivity contribution < 1.29 is 9.59 Å². The van der Waals surface area contributed by atoms with Gasteiger partial charge >= 0.3 is 0 Å². The predicted octanol–water partition coefficient (Wildman–Crippen LogP) is 5.13. The van der Waals surface area contributed by atoms with Gasteiger partial charge in [-0.1, -0.05) is 61.4 Å². The average Bonchev–Trinajstić information content (AvgIpc) is 3.22. The Labute approximate surface area is 175 Å². The molecular weight excluding hydrogens is 382 g/mol. The molecule has 0 aliphatic rings. The Morgan fingerprint density at radius 2 is 1.55 bits per heavy atom. The van der Waals surface area contributed by atoms with Gasteiger partial charge in [-0.3, -0.25) is 9.59 Å². The van der Waals surface area contributed by atoms with E-state index in [-0.39, 0.29) is 11.8 Å². The van der Waals surface area contributed by atoms with Crippen molar-refractivity contribution in [3.05, 3.63) is 71.6 Å². The van der Waals surface area contributed by atoms with Crippen molar-refractivity contribution in [1.82, 2.24) is 10.3 Å². The molecule has 29 heavy (non-hydrogen) atoms. The van der Waals surface area contributed by atoms with Crippen LogP contribution in [0.15, 0.2) is 66.0 Å². The summed E-state index contributed by atoms with van der Waals surface area (Å²) in [6.07, 6.45) is 4.17. The van der Waals surface area contributed by atoms with Crippen molar-refractivity contribution >= 4 is 28.3 Å². The molecule has 0 aliphatic carbocycles. The maximum absolute atomic E-state index is 12.1. The second kappa shape index (κ2) is 11.1. The van der Waals surface area contributed by atoms with Crippen molar-refractivity contribution in [3.63, 3.8) is 0 Å². The lowest BCUT2D eigenvalue weighted by molar-refractivity contribution is -0.116. The van der Waals surface area contributed by atoms with E-state index in [0.29, 0.717) is 23.7 Å². The third kappa shape index (κ3) is 6.84. The van der Waals surface area contributed by atoms with Crippen LogP contribution in [0.25, 0.3) is 11.3 Å². The minimum atomic E-state index is -0.0386. The summed E-state index contributed by atoms with van der Waals surface area (Å²) in [5, 5.41) is 8.39. The van der Waals surface area contributed by atoms with Gasteiger partial charge in [-0.05, 0) is 25.0 Å². The van der Waals surface area contributed by atoms with E-state index < -0.39 is 0 Å². The number of nitrogens with one attached hydrogen (secondary N) is 2. The highest BCUT2D eigenvalue weighted by molar-refractivity contribution is 7.14. The Morgan fingerprint density at radius 3 is 2.31 bits per heavy atom. The lowest BCUT2D eigenvalue weighted by Crippen LogP contribution is -2.24. The Hall–Kier alpha value is -2.99. The van der Waals surface area contributed by atoms with Crippen LogP contribution >= 0.6 is 11.3 Å². The summed E-state index contributed by atoms with van der Waals surface area (Å²) in [5.74, 6) is -0.0420. The molecule has 6 heteroatoms. The molecule has 0 aliphatic heterocycles. The second-order valence-electron chi connectivity index (χ2n) is 6.74. The first-order chi connectivity index (χ1) is 14.2. The highest BCUT2D eigenvalue weighted by Gasteiger charge is 2.08. The van der Waals surface area contributed by atoms with Gasteiger partial charge in [0.05, 0.1) is 5.69 Å². The van der Waals surface area contributed by atoms with E-state index in [1.807, 2.05) is 53.9 Å². The molecule has 2 aromatic carbocycles. The van der Waals surface area contributed by atoms with Crippen molar-refractivity contribution in [3.8, 4) is 11.3 Å². The molecule has 0 fully saturated rings. The smallest absolute Gasteiger partial charge is 0.251 e. The fourth-order valence-electron chi connectivity index (χ4n) is 2.91. The molecule has 0 radical (unpaired) electrons. The zero-order chi connectivity index (χ0) is 20.3. The van der Waals surface area contributed by atoms with E-state index in [2.05, 4.69) is 15.6 Å². The number of amides is 2. The molecule has 0 unspecified atom stereocenters. The van der Waals surface area contributed by atoms with Gasteiger partial charge in [0, 0.05) is 29.5 Å². The Balaban J connectivity index is 1.27. The minimum absolute atomic E-state index is 0.00339. The number of benzene rings is 2. The van der Waals surface area contributed by atoms with Crippen molar-refractivity contribution in [2.24, 2.45) is 0 Å². The summed E-state index contributed by atoms with van der Waals surface area (Å²) in [7, 11) is 0. The lowest BCUT2D eigenvalue weighted by Gasteiger charge is -2.05. The van der Waals surface area contributed by atoms with Gasteiger partial charge in [-0.25, -0.2) is 4.98 Å². The molecule has 150 valence electrons. The van der Waals surface area contributed by atoms with Gasteiger partial charge in [-0.15, -0.1) is 11.3 Å². The number of rotatable bonds is 10. The number of nitrogens with zero attached hydrogens (tertiary/aromatic N) is 1. The van der Waals surface area contributed by atoms with Crippen LogP contribution in [-0.4, -0.2) is 23.3 Å². The number of carbonyl (C=O) groups excluding carboxylic acids is 2. The van der Waals surface area contributed by atoms with E-state index in [1.165, 1.54) is 11.3 Å². The summed E-state index contributed by atoms with van der Waals surface area (Å²) in [4.78, 5) is 28.5. The maximum atomic E-state index is 12.1. The summed E-state index contributed by atoms with van der Waals surface area (Å²) in [6, 6.07) is 19.1. The SMILES string of the molecule is O=C(CCCCCCNC(=O)c1ccccc1)Nc1nc(-c2ccccc2)cs1. The summed E-state index contributed by atoms with van der Waals surface area (Å²) in [5.41, 5.74) is 2.61. The fourth-order valence-corrected chi connectivity index (χ4v) is 3.65. The molecule has 0 saturated heterocycles. The predicted molar refractivity (Wildman–Crippen MR) is 118 cm³/mol. The zero-order valence-electron chi connectivity index (χ0n) is 16.3. The molecule has 3 aromatic rings. The topological polar surface area (TPSA) is 71.1 Å². The number of anilines is 1. The van der Waals surface area contributed by atoms with E-state index in [4.69, 9.17) is 0 Å². The summed E-state index contributed by atoms with van der Waals surface area (Å²) >= 11 is 1.44. The third-order valence-corrected chi connectivity index (χ3v) is 5.23. The van der Waals surface area contributed by atoms with Gasteiger partial charge in [0.15, 0.2) is 5.13 Å². The monoisotopic (exact) mass is 407 g/mol. The standard InChI is InChI=1S/C23H25N3O2S/c27-21(26-23-25-20(17-29-23)18-11-5-3-6-12-18)15-9-1-2-10-16-24-22(28)19-13-7-4-8-14-19/h3-8,11-14,17H,1-2,9-10,15-16H2,(H,24,28)(H,25,26,27). The van der Waals surface area contributed by atoms with E-state index in [9.17, 15) is 9.59 Å². The Bertz CT molecular complexity index is 910. The Kier molecular flexibility index (Phi) is 7.95. The summed E-state index contributed by atoms with van der Waals surface area (Å²) in [6.45, 7) is 0.654. The minimum Gasteiger partial charge on any atom is -0.352 e.